The maximum atomic E-state index is 11.8. The fraction of sp³-hybridized carbons (Fsp3) is 0.200. The normalized spacial score (nSPS) is 11.7. The third kappa shape index (κ3) is 3.78. The van der Waals surface area contributed by atoms with Gasteiger partial charge in [0.15, 0.2) is 0 Å². The molecule has 1 aromatic heterocycles. The van der Waals surface area contributed by atoms with Gasteiger partial charge >= 0.3 is 5.97 Å². The van der Waals surface area contributed by atoms with Crippen LogP contribution in [0.3, 0.4) is 0 Å². The van der Waals surface area contributed by atoms with Gasteiger partial charge in [0.1, 0.15) is 12.6 Å². The van der Waals surface area contributed by atoms with E-state index >= 15 is 0 Å². The smallest absolute Gasteiger partial charge is 0.325 e. The van der Waals surface area contributed by atoms with Gasteiger partial charge in [-0.1, -0.05) is 30.3 Å². The standard InChI is InChI=1S/C15H15N3O4/c1-10(15(21)22)16-13(19)9-18-14(20)8-7-12(17-18)11-5-3-2-4-6-11/h2-8,10H,9H2,1H3,(H,16,19)(H,21,22)/t10-/m1/s1. The first-order valence-electron chi connectivity index (χ1n) is 6.63. The number of benzene rings is 1. The molecule has 0 saturated heterocycles. The Kier molecular flexibility index (Phi) is 4.67. The lowest BCUT2D eigenvalue weighted by molar-refractivity contribution is -0.141. The summed E-state index contributed by atoms with van der Waals surface area (Å²) < 4.78 is 1.01. The Hall–Kier alpha value is -2.96. The van der Waals surface area contributed by atoms with E-state index in [0.717, 1.165) is 10.2 Å². The van der Waals surface area contributed by atoms with E-state index in [1.54, 1.807) is 6.07 Å². The average Bonchev–Trinajstić information content (AvgIpc) is 2.50. The zero-order chi connectivity index (χ0) is 16.1. The first kappa shape index (κ1) is 15.4. The lowest BCUT2D eigenvalue weighted by Gasteiger charge is -2.10. The molecular formula is C15H15N3O4. The van der Waals surface area contributed by atoms with E-state index in [4.69, 9.17) is 5.11 Å². The van der Waals surface area contributed by atoms with Gasteiger partial charge < -0.3 is 10.4 Å². The number of nitrogens with zero attached hydrogens (tertiary/aromatic N) is 2. The molecule has 0 fully saturated rings. The summed E-state index contributed by atoms with van der Waals surface area (Å²) in [5.74, 6) is -1.73. The molecule has 1 aromatic carbocycles. The molecule has 1 amide bonds. The third-order valence-electron chi connectivity index (χ3n) is 2.98. The molecule has 0 radical (unpaired) electrons. The molecule has 0 spiro atoms. The summed E-state index contributed by atoms with van der Waals surface area (Å²) in [6.07, 6.45) is 0. The number of hydrogen-bond donors (Lipinski definition) is 2. The fourth-order valence-electron chi connectivity index (χ4n) is 1.81. The predicted molar refractivity (Wildman–Crippen MR) is 79.2 cm³/mol. The highest BCUT2D eigenvalue weighted by Gasteiger charge is 2.15. The van der Waals surface area contributed by atoms with Crippen LogP contribution in [0.25, 0.3) is 11.3 Å². The first-order chi connectivity index (χ1) is 10.5. The number of rotatable bonds is 5. The lowest BCUT2D eigenvalue weighted by Crippen LogP contribution is -2.41. The zero-order valence-corrected chi connectivity index (χ0v) is 11.9. The van der Waals surface area contributed by atoms with Crippen molar-refractivity contribution in [2.75, 3.05) is 0 Å². The van der Waals surface area contributed by atoms with Gasteiger partial charge in [-0.05, 0) is 13.0 Å². The lowest BCUT2D eigenvalue weighted by atomic mass is 10.1. The fourth-order valence-corrected chi connectivity index (χ4v) is 1.81. The highest BCUT2D eigenvalue weighted by atomic mass is 16.4. The Bertz CT molecular complexity index is 740. The van der Waals surface area contributed by atoms with E-state index in [2.05, 4.69) is 10.4 Å². The van der Waals surface area contributed by atoms with Gasteiger partial charge in [-0.3, -0.25) is 14.4 Å². The van der Waals surface area contributed by atoms with Crippen molar-refractivity contribution in [1.29, 1.82) is 0 Å². The second-order valence-corrected chi connectivity index (χ2v) is 4.71. The van der Waals surface area contributed by atoms with Gasteiger partial charge in [0.25, 0.3) is 5.56 Å². The molecular weight excluding hydrogens is 286 g/mol. The number of carbonyl (C=O) groups is 2. The molecule has 2 aromatic rings. The molecule has 0 aliphatic carbocycles. The van der Waals surface area contributed by atoms with E-state index in [9.17, 15) is 14.4 Å². The number of aliphatic carboxylic acids is 1. The van der Waals surface area contributed by atoms with Crippen LogP contribution in [0.15, 0.2) is 47.3 Å². The Morgan fingerprint density at radius 3 is 2.55 bits per heavy atom. The second kappa shape index (κ2) is 6.66. The number of carboxylic acids is 1. The summed E-state index contributed by atoms with van der Waals surface area (Å²) in [6.45, 7) is 1.01. The minimum Gasteiger partial charge on any atom is -0.480 e. The van der Waals surface area contributed by atoms with Crippen LogP contribution in [-0.4, -0.2) is 32.8 Å². The SMILES string of the molecule is C[C@@H](NC(=O)Cn1nc(-c2ccccc2)ccc1=O)C(=O)O. The highest BCUT2D eigenvalue weighted by Crippen LogP contribution is 2.13. The topological polar surface area (TPSA) is 101 Å². The summed E-state index contributed by atoms with van der Waals surface area (Å²) in [7, 11) is 0. The van der Waals surface area contributed by atoms with Crippen LogP contribution in [0.2, 0.25) is 0 Å². The number of nitrogens with one attached hydrogen (secondary N) is 1. The van der Waals surface area contributed by atoms with Crippen molar-refractivity contribution in [3.63, 3.8) is 0 Å². The molecule has 0 aliphatic heterocycles. The minimum atomic E-state index is -1.15. The van der Waals surface area contributed by atoms with Crippen molar-refractivity contribution in [1.82, 2.24) is 15.1 Å². The van der Waals surface area contributed by atoms with Crippen molar-refractivity contribution in [2.24, 2.45) is 0 Å². The number of aromatic nitrogens is 2. The van der Waals surface area contributed by atoms with Gasteiger partial charge in [-0.15, -0.1) is 0 Å². The number of hydrogen-bond acceptors (Lipinski definition) is 4. The molecule has 0 bridgehead atoms. The van der Waals surface area contributed by atoms with E-state index in [-0.39, 0.29) is 6.54 Å². The van der Waals surface area contributed by atoms with Crippen molar-refractivity contribution in [2.45, 2.75) is 19.5 Å². The van der Waals surface area contributed by atoms with Gasteiger partial charge in [0.05, 0.1) is 5.69 Å². The first-order valence-corrected chi connectivity index (χ1v) is 6.63. The Morgan fingerprint density at radius 2 is 1.91 bits per heavy atom. The summed E-state index contributed by atoms with van der Waals surface area (Å²) in [5, 5.41) is 15.2. The highest BCUT2D eigenvalue weighted by molar-refractivity contribution is 5.83. The van der Waals surface area contributed by atoms with E-state index in [1.165, 1.54) is 13.0 Å². The van der Waals surface area contributed by atoms with E-state index < -0.39 is 23.5 Å². The van der Waals surface area contributed by atoms with Crippen LogP contribution >= 0.6 is 0 Å². The number of carbonyl (C=O) groups excluding carboxylic acids is 1. The van der Waals surface area contributed by atoms with Crippen molar-refractivity contribution >= 4 is 11.9 Å². The summed E-state index contributed by atoms with van der Waals surface area (Å²) in [6, 6.07) is 11.1. The molecule has 7 nitrogen and oxygen atoms in total. The molecule has 0 aliphatic rings. The number of carboxylic acid groups (broad SMARTS) is 1. The van der Waals surface area contributed by atoms with Crippen LogP contribution in [0, 0.1) is 0 Å². The summed E-state index contributed by atoms with van der Waals surface area (Å²) in [5.41, 5.74) is 0.938. The van der Waals surface area contributed by atoms with Crippen LogP contribution in [-0.2, 0) is 16.1 Å². The molecule has 22 heavy (non-hydrogen) atoms. The van der Waals surface area contributed by atoms with Crippen LogP contribution in [0.5, 0.6) is 0 Å². The quantitative estimate of drug-likeness (QED) is 0.837. The molecule has 0 saturated carbocycles. The maximum absolute atomic E-state index is 11.8. The zero-order valence-electron chi connectivity index (χ0n) is 11.9. The van der Waals surface area contributed by atoms with Crippen molar-refractivity contribution < 1.29 is 14.7 Å². The average molecular weight is 301 g/mol. The van der Waals surface area contributed by atoms with Gasteiger partial charge in [-0.25, -0.2) is 4.68 Å². The Labute approximate surface area is 126 Å². The third-order valence-corrected chi connectivity index (χ3v) is 2.98. The van der Waals surface area contributed by atoms with Gasteiger partial charge in [0.2, 0.25) is 5.91 Å². The molecule has 2 N–H and O–H groups in total. The summed E-state index contributed by atoms with van der Waals surface area (Å²) in [4.78, 5) is 34.2. The minimum absolute atomic E-state index is 0.336. The molecule has 2 rings (SSSR count). The summed E-state index contributed by atoms with van der Waals surface area (Å²) >= 11 is 0. The van der Waals surface area contributed by atoms with E-state index in [0.29, 0.717) is 5.69 Å². The largest absolute Gasteiger partial charge is 0.480 e. The maximum Gasteiger partial charge on any atom is 0.325 e. The number of amides is 1. The van der Waals surface area contributed by atoms with Gasteiger partial charge in [0, 0.05) is 11.6 Å². The van der Waals surface area contributed by atoms with Crippen molar-refractivity contribution in [3.05, 3.63) is 52.8 Å². The van der Waals surface area contributed by atoms with Crippen molar-refractivity contribution in [3.8, 4) is 11.3 Å². The second-order valence-electron chi connectivity index (χ2n) is 4.71. The molecule has 114 valence electrons. The molecule has 1 heterocycles. The molecule has 7 heteroatoms. The Morgan fingerprint density at radius 1 is 1.23 bits per heavy atom. The van der Waals surface area contributed by atoms with Crippen LogP contribution in [0.4, 0.5) is 0 Å². The molecule has 1 atom stereocenters. The van der Waals surface area contributed by atoms with E-state index in [1.807, 2.05) is 30.3 Å². The predicted octanol–water partition coefficient (Wildman–Crippen LogP) is 0.500. The molecule has 0 unspecified atom stereocenters. The van der Waals surface area contributed by atoms with Crippen LogP contribution < -0.4 is 10.9 Å². The van der Waals surface area contributed by atoms with Crippen LogP contribution in [0.1, 0.15) is 6.92 Å². The Balaban J connectivity index is 2.19. The van der Waals surface area contributed by atoms with Gasteiger partial charge in [-0.2, -0.15) is 5.10 Å². The monoisotopic (exact) mass is 301 g/mol.